The van der Waals surface area contributed by atoms with E-state index in [9.17, 15) is 10.1 Å². The number of aryl methyl sites for hydroxylation is 2. The lowest BCUT2D eigenvalue weighted by atomic mass is 9.93. The Morgan fingerprint density at radius 3 is 2.72 bits per heavy atom. The summed E-state index contributed by atoms with van der Waals surface area (Å²) in [5, 5.41) is 29.3. The van der Waals surface area contributed by atoms with Crippen LogP contribution in [-0.2, 0) is 17.8 Å². The van der Waals surface area contributed by atoms with Crippen LogP contribution >= 0.6 is 0 Å². The molecule has 10 heteroatoms. The molecule has 32 heavy (non-hydrogen) atoms. The van der Waals surface area contributed by atoms with Crippen molar-refractivity contribution >= 4 is 12.0 Å². The van der Waals surface area contributed by atoms with Crippen molar-refractivity contribution in [3.63, 3.8) is 0 Å². The minimum absolute atomic E-state index is 0.0258. The average molecular weight is 432 g/mol. The number of nitriles is 1. The number of carbonyl (C=O) groups is 1. The highest BCUT2D eigenvalue weighted by Crippen LogP contribution is 2.22. The van der Waals surface area contributed by atoms with Crippen molar-refractivity contribution in [2.45, 2.75) is 39.7 Å². The van der Waals surface area contributed by atoms with Gasteiger partial charge in [0.2, 0.25) is 17.7 Å². The Labute approximate surface area is 185 Å². The van der Waals surface area contributed by atoms with Crippen LogP contribution in [0.2, 0.25) is 0 Å². The van der Waals surface area contributed by atoms with E-state index >= 15 is 0 Å². The number of carbonyl (C=O) groups excluding carboxylic acids is 1. The summed E-state index contributed by atoms with van der Waals surface area (Å²) in [7, 11) is 0. The second kappa shape index (κ2) is 9.51. The molecule has 1 aromatic carbocycles. The minimum atomic E-state index is -0.0258. The van der Waals surface area contributed by atoms with Crippen LogP contribution in [0.5, 0.6) is 0 Å². The van der Waals surface area contributed by atoms with Gasteiger partial charge in [-0.3, -0.25) is 4.79 Å². The van der Waals surface area contributed by atoms with Gasteiger partial charge in [0.1, 0.15) is 0 Å². The van der Waals surface area contributed by atoms with Crippen LogP contribution < -0.4 is 0 Å². The van der Waals surface area contributed by atoms with Crippen molar-refractivity contribution in [3.8, 4) is 6.07 Å². The maximum absolute atomic E-state index is 12.7. The van der Waals surface area contributed by atoms with Gasteiger partial charge in [0.05, 0.1) is 18.2 Å². The van der Waals surface area contributed by atoms with Gasteiger partial charge in [0.25, 0.3) is 0 Å². The molecular formula is C22H24N8O2. The van der Waals surface area contributed by atoms with Gasteiger partial charge in [-0.2, -0.15) is 10.1 Å². The van der Waals surface area contributed by atoms with Crippen LogP contribution in [-0.4, -0.2) is 54.3 Å². The van der Waals surface area contributed by atoms with E-state index in [-0.39, 0.29) is 5.91 Å². The highest BCUT2D eigenvalue weighted by atomic mass is 16.4. The summed E-state index contributed by atoms with van der Waals surface area (Å²) < 4.78 is 5.47. The van der Waals surface area contributed by atoms with Crippen molar-refractivity contribution in [2.24, 2.45) is 5.92 Å². The zero-order chi connectivity index (χ0) is 22.5. The van der Waals surface area contributed by atoms with Gasteiger partial charge in [-0.15, -0.1) is 20.4 Å². The molecule has 1 aliphatic rings. The molecule has 1 aliphatic heterocycles. The zero-order valence-corrected chi connectivity index (χ0v) is 18.1. The first-order valence-electron chi connectivity index (χ1n) is 10.5. The lowest BCUT2D eigenvalue weighted by Gasteiger charge is -2.30. The average Bonchev–Trinajstić information content (AvgIpc) is 3.40. The van der Waals surface area contributed by atoms with Crippen LogP contribution in [0.25, 0.3) is 6.08 Å². The van der Waals surface area contributed by atoms with Crippen LogP contribution in [0, 0.1) is 31.1 Å². The Morgan fingerprint density at radius 1 is 1.25 bits per heavy atom. The highest BCUT2D eigenvalue weighted by molar-refractivity contribution is 5.92. The number of amides is 1. The second-order valence-corrected chi connectivity index (χ2v) is 7.91. The Bertz CT molecular complexity index is 1160. The summed E-state index contributed by atoms with van der Waals surface area (Å²) in [5.41, 5.74) is 2.23. The molecule has 0 spiro atoms. The van der Waals surface area contributed by atoms with Gasteiger partial charge in [0, 0.05) is 32.5 Å². The molecule has 0 bridgehead atoms. The molecule has 0 saturated carbocycles. The molecule has 0 radical (unpaired) electrons. The Kier molecular flexibility index (Phi) is 6.35. The van der Waals surface area contributed by atoms with E-state index in [0.29, 0.717) is 48.7 Å². The van der Waals surface area contributed by atoms with Crippen LogP contribution in [0.15, 0.2) is 28.7 Å². The summed E-state index contributed by atoms with van der Waals surface area (Å²) in [6, 6.07) is 7.50. The quantitative estimate of drug-likeness (QED) is 0.542. The largest absolute Gasteiger partial charge is 0.426 e. The molecule has 1 amide bonds. The molecule has 2 aromatic heterocycles. The first kappa shape index (κ1) is 21.4. The fraction of sp³-hybridized carbons (Fsp3) is 0.409. The zero-order valence-electron chi connectivity index (χ0n) is 18.1. The number of likely N-dealkylation sites (tertiary alicyclic amines) is 1. The Morgan fingerprint density at radius 2 is 2.06 bits per heavy atom. The third-order valence-electron chi connectivity index (χ3n) is 5.50. The summed E-state index contributed by atoms with van der Waals surface area (Å²) >= 11 is 0. The summed E-state index contributed by atoms with van der Waals surface area (Å²) in [5.74, 6) is 2.23. The van der Waals surface area contributed by atoms with Gasteiger partial charge >= 0.3 is 0 Å². The summed E-state index contributed by atoms with van der Waals surface area (Å²) in [6.07, 6.45) is 5.94. The van der Waals surface area contributed by atoms with Gasteiger partial charge < -0.3 is 9.32 Å². The van der Waals surface area contributed by atoms with E-state index < -0.39 is 0 Å². The lowest BCUT2D eigenvalue weighted by molar-refractivity contribution is -0.127. The van der Waals surface area contributed by atoms with Crippen molar-refractivity contribution in [1.82, 2.24) is 35.3 Å². The first-order valence-corrected chi connectivity index (χ1v) is 10.5. The van der Waals surface area contributed by atoms with E-state index in [0.717, 1.165) is 30.4 Å². The smallest absolute Gasteiger partial charge is 0.246 e. The summed E-state index contributed by atoms with van der Waals surface area (Å²) in [4.78, 5) is 16.1. The normalized spacial score (nSPS) is 14.7. The second-order valence-electron chi connectivity index (χ2n) is 7.91. The lowest BCUT2D eigenvalue weighted by Crippen LogP contribution is -2.38. The van der Waals surface area contributed by atoms with E-state index in [1.54, 1.807) is 38.1 Å². The molecule has 0 N–H and O–H groups in total. The molecule has 0 aliphatic carbocycles. The third-order valence-corrected chi connectivity index (χ3v) is 5.50. The van der Waals surface area contributed by atoms with Crippen LogP contribution in [0.4, 0.5) is 0 Å². The summed E-state index contributed by atoms with van der Waals surface area (Å²) in [6.45, 7) is 5.31. The maximum Gasteiger partial charge on any atom is 0.246 e. The molecule has 0 unspecified atom stereocenters. The Hall–Kier alpha value is -3.87. The van der Waals surface area contributed by atoms with Crippen molar-refractivity contribution in [1.29, 1.82) is 5.26 Å². The molecule has 1 saturated heterocycles. The number of hydrogen-bond donors (Lipinski definition) is 0. The predicted octanol–water partition coefficient (Wildman–Crippen LogP) is 2.09. The molecule has 10 nitrogen and oxygen atoms in total. The number of aromatic nitrogens is 6. The third kappa shape index (κ3) is 5.24. The van der Waals surface area contributed by atoms with Crippen molar-refractivity contribution < 1.29 is 9.21 Å². The maximum atomic E-state index is 12.7. The van der Waals surface area contributed by atoms with Gasteiger partial charge in [-0.05, 0) is 60.2 Å². The number of benzene rings is 1. The first-order chi connectivity index (χ1) is 15.5. The van der Waals surface area contributed by atoms with E-state index in [1.807, 2.05) is 11.0 Å². The number of piperidine rings is 1. The van der Waals surface area contributed by atoms with E-state index in [2.05, 4.69) is 31.7 Å². The van der Waals surface area contributed by atoms with Gasteiger partial charge in [-0.25, -0.2) is 0 Å². The number of nitrogens with zero attached hydrogens (tertiary/aromatic N) is 8. The standard InChI is InChI=1S/C22H24N8O2/c1-15-24-28-30(27-15)14-20-11-18(13-23)3-4-19(20)5-6-22(31)29-9-7-17(8-10-29)12-21-26-25-16(2)32-21/h3-6,11,17H,7-10,12,14H2,1-2H3. The molecular weight excluding hydrogens is 408 g/mol. The van der Waals surface area contributed by atoms with Gasteiger partial charge in [-0.1, -0.05) is 6.07 Å². The fourth-order valence-corrected chi connectivity index (χ4v) is 3.81. The van der Waals surface area contributed by atoms with Crippen LogP contribution in [0.3, 0.4) is 0 Å². The SMILES string of the molecule is Cc1nnn(Cc2cc(C#N)ccc2C=CC(=O)N2CCC(Cc3nnc(C)o3)CC2)n1. The molecule has 3 aromatic rings. The van der Waals surface area contributed by atoms with Crippen molar-refractivity contribution in [2.75, 3.05) is 13.1 Å². The van der Waals surface area contributed by atoms with Crippen molar-refractivity contribution in [3.05, 3.63) is 58.6 Å². The minimum Gasteiger partial charge on any atom is -0.426 e. The molecule has 0 atom stereocenters. The molecule has 4 rings (SSSR count). The molecule has 164 valence electrons. The topological polar surface area (TPSA) is 127 Å². The van der Waals surface area contributed by atoms with E-state index in [4.69, 9.17) is 4.42 Å². The van der Waals surface area contributed by atoms with E-state index in [1.165, 1.54) is 4.80 Å². The van der Waals surface area contributed by atoms with Crippen LogP contribution in [0.1, 0.15) is 47.1 Å². The van der Waals surface area contributed by atoms with Gasteiger partial charge in [0.15, 0.2) is 5.82 Å². The monoisotopic (exact) mass is 432 g/mol. The fourth-order valence-electron chi connectivity index (χ4n) is 3.81. The Balaban J connectivity index is 1.38. The number of hydrogen-bond acceptors (Lipinski definition) is 8. The molecule has 1 fully saturated rings. The highest BCUT2D eigenvalue weighted by Gasteiger charge is 2.23. The predicted molar refractivity (Wildman–Crippen MR) is 114 cm³/mol. The number of rotatable bonds is 6. The molecule has 3 heterocycles. The number of tetrazole rings is 1.